The molecule has 2 heterocycles. The molecule has 2 aromatic rings. The Morgan fingerprint density at radius 2 is 2.11 bits per heavy atom. The first-order chi connectivity index (χ1) is 9.21. The number of hydrogen-bond acceptors (Lipinski definition) is 3. The lowest BCUT2D eigenvalue weighted by atomic mass is 10.1. The van der Waals surface area contributed by atoms with E-state index in [1.165, 1.54) is 9.40 Å². The first-order valence-electron chi connectivity index (χ1n) is 6.55. The number of carbonyl (C=O) groups is 1. The minimum atomic E-state index is 0.182. The van der Waals surface area contributed by atoms with Gasteiger partial charge in [0.05, 0.1) is 4.88 Å². The number of alkyl halides is 1. The number of hydrogen-bond donors (Lipinski definition) is 0. The van der Waals surface area contributed by atoms with Crippen LogP contribution < -0.4 is 0 Å². The maximum absolute atomic E-state index is 12.7. The molecule has 2 nitrogen and oxygen atoms in total. The molecule has 0 unspecified atom stereocenters. The van der Waals surface area contributed by atoms with Crippen molar-refractivity contribution in [3.8, 4) is 0 Å². The largest absolute Gasteiger partial charge is 0.334 e. The van der Waals surface area contributed by atoms with Gasteiger partial charge in [-0.1, -0.05) is 29.8 Å². The van der Waals surface area contributed by atoms with Gasteiger partial charge in [0, 0.05) is 27.3 Å². The van der Waals surface area contributed by atoms with Gasteiger partial charge in [-0.3, -0.25) is 4.79 Å². The number of thiophene rings is 2. The van der Waals surface area contributed by atoms with Crippen molar-refractivity contribution in [1.82, 2.24) is 4.90 Å². The Bertz CT molecular complexity index is 516. The molecule has 0 N–H and O–H groups in total. The number of fused-ring (bicyclic) bond motifs is 1. The first-order valence-corrected chi connectivity index (χ1v) is 9.37. The normalized spacial score (nSPS) is 11.4. The van der Waals surface area contributed by atoms with Crippen molar-refractivity contribution in [3.05, 3.63) is 22.4 Å². The second-order valence-corrected chi connectivity index (χ2v) is 7.24. The summed E-state index contributed by atoms with van der Waals surface area (Å²) in [4.78, 5) is 15.6. The van der Waals surface area contributed by atoms with Gasteiger partial charge in [-0.2, -0.15) is 0 Å². The number of nitrogens with zero attached hydrogens (tertiary/aromatic N) is 1. The summed E-state index contributed by atoms with van der Waals surface area (Å²) in [5.74, 6) is 0.182. The third-order valence-corrected chi connectivity index (χ3v) is 5.76. The molecule has 0 fully saturated rings. The summed E-state index contributed by atoms with van der Waals surface area (Å²) < 4.78 is 2.44. The van der Waals surface area contributed by atoms with Gasteiger partial charge in [0.15, 0.2) is 0 Å². The summed E-state index contributed by atoms with van der Waals surface area (Å²) in [5, 5.41) is 2.90. The fourth-order valence-electron chi connectivity index (χ4n) is 2.28. The van der Waals surface area contributed by atoms with E-state index in [0.29, 0.717) is 6.04 Å². The van der Waals surface area contributed by atoms with Crippen LogP contribution in [0.25, 0.3) is 9.40 Å². The van der Waals surface area contributed by atoms with Crippen LogP contribution in [0.4, 0.5) is 0 Å². The highest BCUT2D eigenvalue weighted by Gasteiger charge is 2.23. The molecule has 5 heteroatoms. The molecule has 0 aliphatic heterocycles. The molecule has 0 aromatic carbocycles. The zero-order chi connectivity index (χ0) is 13.8. The van der Waals surface area contributed by atoms with E-state index in [-0.39, 0.29) is 5.91 Å². The smallest absolute Gasteiger partial charge is 0.264 e. The molecule has 0 aliphatic carbocycles. The zero-order valence-corrected chi connectivity index (χ0v) is 14.4. The first kappa shape index (κ1) is 15.0. The Morgan fingerprint density at radius 3 is 2.68 bits per heavy atom. The Labute approximate surface area is 130 Å². The predicted molar refractivity (Wildman–Crippen MR) is 88.9 cm³/mol. The van der Waals surface area contributed by atoms with Gasteiger partial charge in [-0.25, -0.2) is 0 Å². The second kappa shape index (κ2) is 6.86. The second-order valence-electron chi connectivity index (χ2n) is 4.42. The van der Waals surface area contributed by atoms with E-state index in [0.717, 1.165) is 29.6 Å². The summed E-state index contributed by atoms with van der Waals surface area (Å²) >= 11 is 6.77. The van der Waals surface area contributed by atoms with E-state index < -0.39 is 0 Å². The molecule has 0 saturated carbocycles. The lowest BCUT2D eigenvalue weighted by Crippen LogP contribution is -2.40. The molecule has 0 aliphatic rings. The molecule has 0 radical (unpaired) electrons. The van der Waals surface area contributed by atoms with E-state index in [4.69, 9.17) is 0 Å². The van der Waals surface area contributed by atoms with Crippen LogP contribution in [-0.2, 0) is 0 Å². The lowest BCUT2D eigenvalue weighted by molar-refractivity contribution is 0.0688. The summed E-state index contributed by atoms with van der Waals surface area (Å²) in [5.41, 5.74) is 0. The Morgan fingerprint density at radius 1 is 1.37 bits per heavy atom. The topological polar surface area (TPSA) is 20.3 Å². The van der Waals surface area contributed by atoms with Crippen molar-refractivity contribution in [2.45, 2.75) is 32.7 Å². The minimum absolute atomic E-state index is 0.182. The molecular weight excluding hydrogens is 342 g/mol. The van der Waals surface area contributed by atoms with Crippen LogP contribution in [0, 0.1) is 0 Å². The van der Waals surface area contributed by atoms with Crippen molar-refractivity contribution in [2.24, 2.45) is 0 Å². The SMILES string of the molecule is CCC(CC)N(CCBr)C(=O)c1cc2sccc2s1. The van der Waals surface area contributed by atoms with E-state index in [1.54, 1.807) is 22.7 Å². The molecule has 2 rings (SSSR count). The molecule has 104 valence electrons. The van der Waals surface area contributed by atoms with Crippen LogP contribution in [0.3, 0.4) is 0 Å². The molecule has 0 saturated heterocycles. The average Bonchev–Trinajstić information content (AvgIpc) is 2.99. The van der Waals surface area contributed by atoms with E-state index >= 15 is 0 Å². The van der Waals surface area contributed by atoms with E-state index in [1.807, 2.05) is 11.0 Å². The molecule has 0 atom stereocenters. The average molecular weight is 360 g/mol. The fourth-order valence-corrected chi connectivity index (χ4v) is 4.73. The lowest BCUT2D eigenvalue weighted by Gasteiger charge is -2.29. The minimum Gasteiger partial charge on any atom is -0.334 e. The van der Waals surface area contributed by atoms with E-state index in [2.05, 4.69) is 41.2 Å². The highest BCUT2D eigenvalue weighted by atomic mass is 79.9. The fraction of sp³-hybridized carbons (Fsp3) is 0.500. The highest BCUT2D eigenvalue weighted by Crippen LogP contribution is 2.31. The third-order valence-electron chi connectivity index (χ3n) is 3.32. The van der Waals surface area contributed by atoms with Crippen LogP contribution >= 0.6 is 38.6 Å². The number of halogens is 1. The Kier molecular flexibility index (Phi) is 5.42. The van der Waals surface area contributed by atoms with Gasteiger partial charge >= 0.3 is 0 Å². The number of carbonyl (C=O) groups excluding carboxylic acids is 1. The van der Waals surface area contributed by atoms with E-state index in [9.17, 15) is 4.79 Å². The van der Waals surface area contributed by atoms with Gasteiger partial charge in [0.1, 0.15) is 0 Å². The zero-order valence-electron chi connectivity index (χ0n) is 11.2. The molecule has 0 spiro atoms. The third kappa shape index (κ3) is 3.20. The van der Waals surface area contributed by atoms with Crippen LogP contribution in [-0.4, -0.2) is 28.7 Å². The van der Waals surface area contributed by atoms with Crippen LogP contribution in [0.15, 0.2) is 17.5 Å². The summed E-state index contributed by atoms with van der Waals surface area (Å²) in [6.45, 7) is 5.07. The van der Waals surface area contributed by atoms with Crippen LogP contribution in [0.2, 0.25) is 0 Å². The Balaban J connectivity index is 2.25. The van der Waals surface area contributed by atoms with Gasteiger partial charge in [0.2, 0.25) is 0 Å². The van der Waals surface area contributed by atoms with Crippen molar-refractivity contribution in [2.75, 3.05) is 11.9 Å². The van der Waals surface area contributed by atoms with Gasteiger partial charge in [0.25, 0.3) is 5.91 Å². The quantitative estimate of drug-likeness (QED) is 0.665. The molecular formula is C14H18BrNOS2. The Hall–Kier alpha value is -0.390. The number of amides is 1. The summed E-state index contributed by atoms with van der Waals surface area (Å²) in [7, 11) is 0. The van der Waals surface area contributed by atoms with Crippen molar-refractivity contribution in [1.29, 1.82) is 0 Å². The van der Waals surface area contributed by atoms with Crippen LogP contribution in [0.1, 0.15) is 36.4 Å². The molecule has 0 bridgehead atoms. The molecule has 1 amide bonds. The monoisotopic (exact) mass is 359 g/mol. The predicted octanol–water partition coefficient (Wildman–Crippen LogP) is 4.99. The number of rotatable bonds is 6. The van der Waals surface area contributed by atoms with Crippen molar-refractivity contribution < 1.29 is 4.79 Å². The van der Waals surface area contributed by atoms with Crippen molar-refractivity contribution >= 4 is 53.9 Å². The molecule has 19 heavy (non-hydrogen) atoms. The summed E-state index contributed by atoms with van der Waals surface area (Å²) in [6.07, 6.45) is 2.02. The summed E-state index contributed by atoms with van der Waals surface area (Å²) in [6, 6.07) is 4.47. The van der Waals surface area contributed by atoms with Crippen LogP contribution in [0.5, 0.6) is 0 Å². The van der Waals surface area contributed by atoms with Gasteiger partial charge in [-0.15, -0.1) is 22.7 Å². The standard InChI is InChI=1S/C14H18BrNOS2/c1-3-10(4-2)16(7-6-15)14(17)13-9-12-11(19-13)5-8-18-12/h5,8-10H,3-4,6-7H2,1-2H3. The highest BCUT2D eigenvalue weighted by molar-refractivity contribution is 9.09. The maximum atomic E-state index is 12.7. The van der Waals surface area contributed by atoms with Crippen molar-refractivity contribution in [3.63, 3.8) is 0 Å². The van der Waals surface area contributed by atoms with Gasteiger partial charge in [-0.05, 0) is 30.4 Å². The van der Waals surface area contributed by atoms with Gasteiger partial charge < -0.3 is 4.90 Å². The molecule has 2 aromatic heterocycles. The maximum Gasteiger partial charge on any atom is 0.264 e.